The van der Waals surface area contributed by atoms with Crippen molar-refractivity contribution < 1.29 is 29.0 Å². The van der Waals surface area contributed by atoms with Gasteiger partial charge in [0.25, 0.3) is 5.91 Å². The number of benzene rings is 1. The minimum absolute atomic E-state index is 0.0428. The van der Waals surface area contributed by atoms with Gasteiger partial charge in [0.15, 0.2) is 6.10 Å². The zero-order valence-corrected chi connectivity index (χ0v) is 27.6. The topological polar surface area (TPSA) is 126 Å². The first-order valence-corrected chi connectivity index (χ1v) is 16.1. The number of hydrogen-bond acceptors (Lipinski definition) is 7. The Balaban J connectivity index is 2.30. The number of carbonyl (C=O) groups excluding carboxylic acids is 3. The molecule has 0 saturated carbocycles. The Hall–Kier alpha value is -3.27. The van der Waals surface area contributed by atoms with Crippen LogP contribution in [0.1, 0.15) is 101 Å². The highest BCUT2D eigenvalue weighted by atomic mass is 32.1. The van der Waals surface area contributed by atoms with Crippen molar-refractivity contribution in [3.05, 3.63) is 52.0 Å². The summed E-state index contributed by atoms with van der Waals surface area (Å²) in [5, 5.41) is 14.6. The quantitative estimate of drug-likeness (QED) is 0.205. The number of carboxylic acids is 1. The van der Waals surface area contributed by atoms with Crippen LogP contribution in [0, 0.1) is 23.7 Å². The summed E-state index contributed by atoms with van der Waals surface area (Å²) in [7, 11) is 1.79. The molecule has 0 saturated heterocycles. The van der Waals surface area contributed by atoms with Gasteiger partial charge in [0, 0.05) is 37.4 Å². The van der Waals surface area contributed by atoms with Gasteiger partial charge in [0.05, 0.1) is 11.8 Å². The minimum atomic E-state index is -0.926. The normalized spacial score (nSPS) is 14.9. The van der Waals surface area contributed by atoms with Crippen LogP contribution in [0.4, 0.5) is 0 Å². The van der Waals surface area contributed by atoms with Gasteiger partial charge in [-0.15, -0.1) is 11.3 Å². The van der Waals surface area contributed by atoms with Gasteiger partial charge < -0.3 is 20.1 Å². The van der Waals surface area contributed by atoms with Crippen molar-refractivity contribution in [2.24, 2.45) is 23.7 Å². The molecule has 2 rings (SSSR count). The van der Waals surface area contributed by atoms with Crippen LogP contribution in [0.5, 0.6) is 0 Å². The van der Waals surface area contributed by atoms with Crippen molar-refractivity contribution in [2.45, 2.75) is 98.8 Å². The molecule has 10 heteroatoms. The molecule has 238 valence electrons. The second-order valence-electron chi connectivity index (χ2n) is 12.3. The van der Waals surface area contributed by atoms with Gasteiger partial charge >= 0.3 is 11.9 Å². The number of carbonyl (C=O) groups is 4. The van der Waals surface area contributed by atoms with Crippen molar-refractivity contribution in [1.29, 1.82) is 0 Å². The van der Waals surface area contributed by atoms with Crippen LogP contribution in [-0.4, -0.2) is 57.9 Å². The highest BCUT2D eigenvalue weighted by Gasteiger charge is 2.32. The molecular weight excluding hydrogens is 566 g/mol. The lowest BCUT2D eigenvalue weighted by molar-refractivity contribution is -0.155. The molecule has 1 heterocycles. The van der Waals surface area contributed by atoms with Gasteiger partial charge in [-0.1, -0.05) is 85.2 Å². The largest absolute Gasteiger partial charge is 0.481 e. The van der Waals surface area contributed by atoms with E-state index in [1.165, 1.54) is 11.3 Å². The van der Waals surface area contributed by atoms with Crippen molar-refractivity contribution >= 4 is 35.1 Å². The highest BCUT2D eigenvalue weighted by Crippen LogP contribution is 2.31. The number of amides is 2. The summed E-state index contributed by atoms with van der Waals surface area (Å²) in [5.74, 6) is -2.34. The number of carboxylic acid groups (broad SMARTS) is 1. The average molecular weight is 616 g/mol. The Labute approximate surface area is 260 Å². The summed E-state index contributed by atoms with van der Waals surface area (Å²) in [6.07, 6.45) is 1.70. The van der Waals surface area contributed by atoms with E-state index < -0.39 is 29.9 Å². The zero-order chi connectivity index (χ0) is 32.3. The van der Waals surface area contributed by atoms with E-state index in [0.29, 0.717) is 24.3 Å². The van der Waals surface area contributed by atoms with Gasteiger partial charge in [0.1, 0.15) is 10.7 Å². The molecule has 5 atom stereocenters. The Kier molecular flexibility index (Phi) is 14.3. The van der Waals surface area contributed by atoms with Crippen LogP contribution in [0.15, 0.2) is 35.7 Å². The summed E-state index contributed by atoms with van der Waals surface area (Å²) < 4.78 is 5.92. The highest BCUT2D eigenvalue weighted by molar-refractivity contribution is 7.09. The number of thiazole rings is 1. The molecule has 2 amide bonds. The fraction of sp³-hybridized carbons (Fsp3) is 0.606. The smallest absolute Gasteiger partial charge is 0.309 e. The standard InChI is InChI=1S/C33H49N3O6S/c1-9-22(6)15-29(37)36(8)27(20(2)3)18-28(42-33(41)21(4)5)31-35-26(19-43-31)30(38)34-25(16-23(7)32(39)40)17-24-13-11-10-12-14-24/h10-14,19-23,25,27-28H,9,15-18H2,1-8H3,(H,34,38)(H,39,40)/t22?,23-,25+,27+,28+/m0/s1. The molecule has 0 aliphatic rings. The third kappa shape index (κ3) is 11.4. The molecule has 1 unspecified atom stereocenters. The Morgan fingerprint density at radius 2 is 1.67 bits per heavy atom. The number of nitrogens with zero attached hydrogens (tertiary/aromatic N) is 2. The molecule has 2 aromatic rings. The second kappa shape index (κ2) is 17.1. The molecule has 0 aliphatic carbocycles. The summed E-state index contributed by atoms with van der Waals surface area (Å²) in [5.41, 5.74) is 1.16. The number of hydrogen-bond donors (Lipinski definition) is 2. The van der Waals surface area contributed by atoms with Gasteiger partial charge in [-0.05, 0) is 30.2 Å². The maximum absolute atomic E-state index is 13.3. The van der Waals surface area contributed by atoms with Crippen LogP contribution < -0.4 is 5.32 Å². The second-order valence-corrected chi connectivity index (χ2v) is 13.1. The fourth-order valence-electron chi connectivity index (χ4n) is 4.76. The van der Waals surface area contributed by atoms with Crippen molar-refractivity contribution in [3.8, 4) is 0 Å². The van der Waals surface area contributed by atoms with Crippen molar-refractivity contribution in [3.63, 3.8) is 0 Å². The third-order valence-electron chi connectivity index (χ3n) is 7.82. The Morgan fingerprint density at radius 3 is 2.23 bits per heavy atom. The fourth-order valence-corrected chi connectivity index (χ4v) is 5.60. The van der Waals surface area contributed by atoms with Crippen molar-refractivity contribution in [2.75, 3.05) is 7.05 Å². The maximum Gasteiger partial charge on any atom is 0.309 e. The lowest BCUT2D eigenvalue weighted by atomic mass is 9.95. The first-order chi connectivity index (χ1) is 20.2. The number of nitrogens with one attached hydrogen (secondary N) is 1. The van der Waals surface area contributed by atoms with Crippen LogP contribution in [0.2, 0.25) is 0 Å². The number of rotatable bonds is 17. The Morgan fingerprint density at radius 1 is 1.02 bits per heavy atom. The predicted molar refractivity (Wildman–Crippen MR) is 169 cm³/mol. The molecule has 1 aromatic heterocycles. The molecule has 0 aliphatic heterocycles. The number of esters is 1. The molecule has 0 radical (unpaired) electrons. The SMILES string of the molecule is CCC(C)CC(=O)N(C)[C@H](C[C@@H](OC(=O)C(C)C)c1nc(C(=O)N[C@@H](Cc2ccccc2)C[C@H](C)C(=O)O)cs1)C(C)C. The van der Waals surface area contributed by atoms with Crippen LogP contribution >= 0.6 is 11.3 Å². The molecule has 2 N–H and O–H groups in total. The average Bonchev–Trinajstić information content (AvgIpc) is 3.45. The summed E-state index contributed by atoms with van der Waals surface area (Å²) >= 11 is 1.23. The van der Waals surface area contributed by atoms with Crippen LogP contribution in [-0.2, 0) is 25.5 Å². The lowest BCUT2D eigenvalue weighted by Crippen LogP contribution is -2.42. The Bertz CT molecular complexity index is 1200. The summed E-state index contributed by atoms with van der Waals surface area (Å²) in [6.45, 7) is 13.3. The van der Waals surface area contributed by atoms with Gasteiger partial charge in [-0.2, -0.15) is 0 Å². The van der Waals surface area contributed by atoms with E-state index in [0.717, 1.165) is 12.0 Å². The molecule has 43 heavy (non-hydrogen) atoms. The van der Waals surface area contributed by atoms with Gasteiger partial charge in [-0.25, -0.2) is 4.98 Å². The van der Waals surface area contributed by atoms with Crippen molar-refractivity contribution in [1.82, 2.24) is 15.2 Å². The minimum Gasteiger partial charge on any atom is -0.481 e. The summed E-state index contributed by atoms with van der Waals surface area (Å²) in [4.78, 5) is 57.0. The van der Waals surface area contributed by atoms with E-state index in [1.54, 1.807) is 38.1 Å². The van der Waals surface area contributed by atoms with E-state index in [-0.39, 0.29) is 47.8 Å². The number of ether oxygens (including phenoxy) is 1. The number of aliphatic carboxylic acids is 1. The molecule has 0 fully saturated rings. The molecule has 9 nitrogen and oxygen atoms in total. The van der Waals surface area contributed by atoms with E-state index in [2.05, 4.69) is 24.1 Å². The third-order valence-corrected chi connectivity index (χ3v) is 8.75. The predicted octanol–water partition coefficient (Wildman–Crippen LogP) is 6.14. The monoisotopic (exact) mass is 615 g/mol. The molecule has 0 spiro atoms. The van der Waals surface area contributed by atoms with Crippen LogP contribution in [0.3, 0.4) is 0 Å². The lowest BCUT2D eigenvalue weighted by Gasteiger charge is -2.34. The molecule has 0 bridgehead atoms. The molecular formula is C33H49N3O6S. The van der Waals surface area contributed by atoms with Crippen LogP contribution in [0.25, 0.3) is 0 Å². The number of aromatic nitrogens is 1. The summed E-state index contributed by atoms with van der Waals surface area (Å²) in [6, 6.07) is 8.95. The van der Waals surface area contributed by atoms with E-state index >= 15 is 0 Å². The van der Waals surface area contributed by atoms with Gasteiger partial charge in [-0.3, -0.25) is 19.2 Å². The first-order valence-electron chi connectivity index (χ1n) is 15.2. The van der Waals surface area contributed by atoms with E-state index in [4.69, 9.17) is 4.74 Å². The first kappa shape index (κ1) is 35.9. The zero-order valence-electron chi connectivity index (χ0n) is 26.8. The van der Waals surface area contributed by atoms with Gasteiger partial charge in [0.2, 0.25) is 5.91 Å². The maximum atomic E-state index is 13.3. The van der Waals surface area contributed by atoms with E-state index in [1.807, 2.05) is 44.2 Å². The molecule has 1 aromatic carbocycles. The van der Waals surface area contributed by atoms with E-state index in [9.17, 15) is 24.3 Å².